The van der Waals surface area contributed by atoms with Gasteiger partial charge in [-0.15, -0.1) is 12.4 Å². The predicted octanol–water partition coefficient (Wildman–Crippen LogP) is 3.13. The molecule has 0 spiro atoms. The molecule has 0 heterocycles. The molecule has 0 aliphatic carbocycles. The molecule has 0 bridgehead atoms. The maximum Gasteiger partial charge on any atom is 0.0555 e. The van der Waals surface area contributed by atoms with Crippen LogP contribution in [-0.4, -0.2) is 24.8 Å². The molecule has 3 heteroatoms. The summed E-state index contributed by atoms with van der Waals surface area (Å²) in [5.41, 5.74) is 0. The minimum atomic E-state index is 0. The van der Waals surface area contributed by atoms with Crippen LogP contribution in [0.4, 0.5) is 0 Å². The third-order valence-corrected chi connectivity index (χ3v) is 2.50. The van der Waals surface area contributed by atoms with Crippen molar-refractivity contribution in [2.24, 2.45) is 0 Å². The number of halogens is 1. The summed E-state index contributed by atoms with van der Waals surface area (Å²) in [5, 5.41) is 11.7. The first kappa shape index (κ1) is 17.6. The molecule has 94 valence electrons. The molecule has 0 aromatic carbocycles. The summed E-state index contributed by atoms with van der Waals surface area (Å²) in [5.74, 6) is 0. The lowest BCUT2D eigenvalue weighted by Gasteiger charge is -2.02. The third kappa shape index (κ3) is 16.9. The zero-order chi connectivity index (χ0) is 10.5. The number of aliphatic hydroxyl groups is 1. The second-order valence-electron chi connectivity index (χ2n) is 3.95. The van der Waals surface area contributed by atoms with Crippen LogP contribution < -0.4 is 5.32 Å². The fourth-order valence-electron chi connectivity index (χ4n) is 1.59. The Bertz CT molecular complexity index is 89.6. The summed E-state index contributed by atoms with van der Waals surface area (Å²) in [7, 11) is 0. The Labute approximate surface area is 101 Å². The monoisotopic (exact) mass is 237 g/mol. The first-order valence-corrected chi connectivity index (χ1v) is 6.23. The van der Waals surface area contributed by atoms with Crippen LogP contribution >= 0.6 is 12.4 Å². The highest BCUT2D eigenvalue weighted by Crippen LogP contribution is 2.07. The van der Waals surface area contributed by atoms with Gasteiger partial charge in [-0.2, -0.15) is 0 Å². The van der Waals surface area contributed by atoms with Crippen molar-refractivity contribution >= 4 is 12.4 Å². The van der Waals surface area contributed by atoms with E-state index < -0.39 is 0 Å². The van der Waals surface area contributed by atoms with E-state index in [1.54, 1.807) is 0 Å². The van der Waals surface area contributed by atoms with Crippen molar-refractivity contribution in [2.45, 2.75) is 58.3 Å². The fraction of sp³-hybridized carbons (Fsp3) is 1.00. The van der Waals surface area contributed by atoms with Crippen molar-refractivity contribution < 1.29 is 5.11 Å². The van der Waals surface area contributed by atoms with Gasteiger partial charge in [0.2, 0.25) is 0 Å². The van der Waals surface area contributed by atoms with Gasteiger partial charge in [-0.3, -0.25) is 0 Å². The predicted molar refractivity (Wildman–Crippen MR) is 69.8 cm³/mol. The molecule has 2 nitrogen and oxygen atoms in total. The number of unbranched alkanes of at least 4 members (excludes halogenated alkanes) is 7. The SMILES string of the molecule is CCCCCCCCCCNCCO.Cl. The van der Waals surface area contributed by atoms with Crippen LogP contribution in [0, 0.1) is 0 Å². The van der Waals surface area contributed by atoms with Crippen molar-refractivity contribution in [3.63, 3.8) is 0 Å². The summed E-state index contributed by atoms with van der Waals surface area (Å²) in [6.07, 6.45) is 10.9. The molecule has 0 aromatic rings. The van der Waals surface area contributed by atoms with Gasteiger partial charge in [-0.1, -0.05) is 51.9 Å². The largest absolute Gasteiger partial charge is 0.395 e. The number of rotatable bonds is 11. The summed E-state index contributed by atoms with van der Waals surface area (Å²) in [6, 6.07) is 0. The molecule has 2 N–H and O–H groups in total. The van der Waals surface area contributed by atoms with Crippen molar-refractivity contribution in [3.8, 4) is 0 Å². The van der Waals surface area contributed by atoms with E-state index in [1.807, 2.05) is 0 Å². The van der Waals surface area contributed by atoms with Crippen molar-refractivity contribution in [1.82, 2.24) is 5.32 Å². The number of hydrogen-bond donors (Lipinski definition) is 2. The first-order valence-electron chi connectivity index (χ1n) is 6.23. The smallest absolute Gasteiger partial charge is 0.0555 e. The lowest BCUT2D eigenvalue weighted by molar-refractivity contribution is 0.292. The molecule has 0 atom stereocenters. The molecule has 0 saturated carbocycles. The molecule has 0 unspecified atom stereocenters. The maximum absolute atomic E-state index is 8.53. The molecule has 0 saturated heterocycles. The van der Waals surface area contributed by atoms with E-state index in [-0.39, 0.29) is 19.0 Å². The van der Waals surface area contributed by atoms with E-state index in [4.69, 9.17) is 5.11 Å². The van der Waals surface area contributed by atoms with Crippen LogP contribution in [0.2, 0.25) is 0 Å². The molecule has 0 aliphatic rings. The van der Waals surface area contributed by atoms with Crippen LogP contribution in [-0.2, 0) is 0 Å². The Morgan fingerprint density at radius 1 is 0.800 bits per heavy atom. The van der Waals surface area contributed by atoms with Crippen LogP contribution in [0.1, 0.15) is 58.3 Å². The second kappa shape index (κ2) is 16.6. The van der Waals surface area contributed by atoms with E-state index in [2.05, 4.69) is 12.2 Å². The molecule has 0 rings (SSSR count). The highest BCUT2D eigenvalue weighted by Gasteiger charge is 1.91. The van der Waals surface area contributed by atoms with Gasteiger partial charge < -0.3 is 10.4 Å². The molecule has 0 fully saturated rings. The minimum Gasteiger partial charge on any atom is -0.395 e. The van der Waals surface area contributed by atoms with Gasteiger partial charge in [0.15, 0.2) is 0 Å². The van der Waals surface area contributed by atoms with Crippen molar-refractivity contribution in [3.05, 3.63) is 0 Å². The van der Waals surface area contributed by atoms with Gasteiger partial charge in [0, 0.05) is 6.54 Å². The summed E-state index contributed by atoms with van der Waals surface area (Å²) in [6.45, 7) is 4.33. The summed E-state index contributed by atoms with van der Waals surface area (Å²) >= 11 is 0. The van der Waals surface area contributed by atoms with Gasteiger partial charge in [-0.25, -0.2) is 0 Å². The van der Waals surface area contributed by atoms with Gasteiger partial charge in [-0.05, 0) is 13.0 Å². The molecule has 0 radical (unpaired) electrons. The topological polar surface area (TPSA) is 32.3 Å². The lowest BCUT2D eigenvalue weighted by Crippen LogP contribution is -2.19. The third-order valence-electron chi connectivity index (χ3n) is 2.50. The zero-order valence-electron chi connectivity index (χ0n) is 10.1. The minimum absolute atomic E-state index is 0. The van der Waals surface area contributed by atoms with Gasteiger partial charge in [0.25, 0.3) is 0 Å². The normalized spacial score (nSPS) is 10.0. The highest BCUT2D eigenvalue weighted by atomic mass is 35.5. The molecular weight excluding hydrogens is 210 g/mol. The Morgan fingerprint density at radius 3 is 1.87 bits per heavy atom. The Hall–Kier alpha value is 0.210. The first-order chi connectivity index (χ1) is 6.91. The van der Waals surface area contributed by atoms with E-state index >= 15 is 0 Å². The zero-order valence-corrected chi connectivity index (χ0v) is 11.0. The maximum atomic E-state index is 8.53. The standard InChI is InChI=1S/C12H27NO.ClH/c1-2-3-4-5-6-7-8-9-10-13-11-12-14;/h13-14H,2-12H2,1H3;1H. The van der Waals surface area contributed by atoms with Gasteiger partial charge >= 0.3 is 0 Å². The average molecular weight is 238 g/mol. The van der Waals surface area contributed by atoms with Crippen molar-refractivity contribution in [2.75, 3.05) is 19.7 Å². The summed E-state index contributed by atoms with van der Waals surface area (Å²) < 4.78 is 0. The molecular formula is C12H28ClNO. The van der Waals surface area contributed by atoms with E-state index in [9.17, 15) is 0 Å². The lowest BCUT2D eigenvalue weighted by atomic mass is 10.1. The quantitative estimate of drug-likeness (QED) is 0.542. The van der Waals surface area contributed by atoms with E-state index in [1.165, 1.54) is 51.4 Å². The van der Waals surface area contributed by atoms with E-state index in [0.717, 1.165) is 13.1 Å². The van der Waals surface area contributed by atoms with Gasteiger partial charge in [0.05, 0.1) is 6.61 Å². The average Bonchev–Trinajstić information content (AvgIpc) is 2.21. The molecule has 15 heavy (non-hydrogen) atoms. The second-order valence-corrected chi connectivity index (χ2v) is 3.95. The number of aliphatic hydroxyl groups excluding tert-OH is 1. The van der Waals surface area contributed by atoms with Crippen LogP contribution in [0.25, 0.3) is 0 Å². The fourth-order valence-corrected chi connectivity index (χ4v) is 1.59. The van der Waals surface area contributed by atoms with Crippen LogP contribution in [0.3, 0.4) is 0 Å². The Kier molecular flexibility index (Phi) is 19.5. The molecule has 0 aliphatic heterocycles. The van der Waals surface area contributed by atoms with Gasteiger partial charge in [0.1, 0.15) is 0 Å². The Balaban J connectivity index is 0. The summed E-state index contributed by atoms with van der Waals surface area (Å²) in [4.78, 5) is 0. The molecule has 0 amide bonds. The highest BCUT2D eigenvalue weighted by molar-refractivity contribution is 5.85. The van der Waals surface area contributed by atoms with Crippen LogP contribution in [0.5, 0.6) is 0 Å². The number of nitrogens with one attached hydrogen (secondary N) is 1. The Morgan fingerprint density at radius 2 is 1.33 bits per heavy atom. The van der Waals surface area contributed by atoms with Crippen LogP contribution in [0.15, 0.2) is 0 Å². The van der Waals surface area contributed by atoms with Crippen molar-refractivity contribution in [1.29, 1.82) is 0 Å². The molecule has 0 aromatic heterocycles. The number of hydrogen-bond acceptors (Lipinski definition) is 2. The van der Waals surface area contributed by atoms with E-state index in [0.29, 0.717) is 0 Å².